The van der Waals surface area contributed by atoms with Gasteiger partial charge in [0.05, 0.1) is 35.7 Å². The van der Waals surface area contributed by atoms with Crippen molar-refractivity contribution in [2.24, 2.45) is 5.92 Å². The van der Waals surface area contributed by atoms with Gasteiger partial charge >= 0.3 is 0 Å². The Morgan fingerprint density at radius 3 is 2.26 bits per heavy atom. The molecule has 140 valence electrons. The molecule has 0 unspecified atom stereocenters. The number of halogens is 3. The molecule has 27 heavy (non-hydrogen) atoms. The summed E-state index contributed by atoms with van der Waals surface area (Å²) in [7, 11) is 0. The van der Waals surface area contributed by atoms with E-state index in [1.807, 2.05) is 6.07 Å². The number of rotatable bonds is 6. The summed E-state index contributed by atoms with van der Waals surface area (Å²) >= 11 is 0. The number of anilines is 4. The first kappa shape index (κ1) is 18.6. The SMILES string of the molecule is CC(C)Cc1ccc(Nc2ncc(Nc3cc(F)ncc3F)cn2)c(F)c1. The molecule has 0 aliphatic carbocycles. The summed E-state index contributed by atoms with van der Waals surface area (Å²) in [5.41, 5.74) is 1.43. The van der Waals surface area contributed by atoms with Crippen molar-refractivity contribution >= 4 is 23.0 Å². The van der Waals surface area contributed by atoms with Crippen LogP contribution < -0.4 is 10.6 Å². The van der Waals surface area contributed by atoms with Crippen molar-refractivity contribution in [2.45, 2.75) is 20.3 Å². The summed E-state index contributed by atoms with van der Waals surface area (Å²) in [5, 5.41) is 5.45. The molecule has 5 nitrogen and oxygen atoms in total. The zero-order valence-corrected chi connectivity index (χ0v) is 14.8. The highest BCUT2D eigenvalue weighted by Crippen LogP contribution is 2.22. The first-order valence-corrected chi connectivity index (χ1v) is 8.36. The molecule has 2 aromatic heterocycles. The second-order valence-corrected chi connectivity index (χ2v) is 6.44. The molecule has 0 aliphatic rings. The molecular weight excluding hydrogens is 355 g/mol. The molecule has 0 atom stereocenters. The lowest BCUT2D eigenvalue weighted by Crippen LogP contribution is -2.02. The number of hydrogen-bond acceptors (Lipinski definition) is 5. The van der Waals surface area contributed by atoms with Crippen LogP contribution in [0.2, 0.25) is 0 Å². The normalized spacial score (nSPS) is 10.9. The number of pyridine rings is 1. The highest BCUT2D eigenvalue weighted by molar-refractivity contribution is 5.60. The molecule has 0 saturated carbocycles. The molecule has 0 spiro atoms. The lowest BCUT2D eigenvalue weighted by molar-refractivity contribution is 0.562. The Kier molecular flexibility index (Phi) is 5.54. The van der Waals surface area contributed by atoms with Crippen molar-refractivity contribution in [2.75, 3.05) is 10.6 Å². The minimum Gasteiger partial charge on any atom is -0.350 e. The number of benzene rings is 1. The lowest BCUT2D eigenvalue weighted by atomic mass is 10.0. The Labute approximate surface area is 154 Å². The van der Waals surface area contributed by atoms with Crippen LogP contribution in [0.5, 0.6) is 0 Å². The summed E-state index contributed by atoms with van der Waals surface area (Å²) in [6.07, 6.45) is 4.32. The van der Waals surface area contributed by atoms with Gasteiger partial charge in [0.15, 0.2) is 5.82 Å². The average Bonchev–Trinajstić information content (AvgIpc) is 2.61. The van der Waals surface area contributed by atoms with Crippen LogP contribution in [0.1, 0.15) is 19.4 Å². The van der Waals surface area contributed by atoms with Gasteiger partial charge in [-0.1, -0.05) is 19.9 Å². The predicted molar refractivity (Wildman–Crippen MR) is 97.7 cm³/mol. The lowest BCUT2D eigenvalue weighted by Gasteiger charge is -2.10. The third kappa shape index (κ3) is 4.93. The van der Waals surface area contributed by atoms with Gasteiger partial charge in [-0.15, -0.1) is 0 Å². The van der Waals surface area contributed by atoms with E-state index in [1.165, 1.54) is 18.5 Å². The van der Waals surface area contributed by atoms with E-state index in [4.69, 9.17) is 0 Å². The fraction of sp³-hybridized carbons (Fsp3) is 0.211. The number of nitrogens with zero attached hydrogens (tertiary/aromatic N) is 3. The maximum absolute atomic E-state index is 14.2. The maximum atomic E-state index is 14.2. The van der Waals surface area contributed by atoms with Crippen molar-refractivity contribution in [1.29, 1.82) is 0 Å². The standard InChI is InChI=1S/C19H18F3N5/c1-11(2)5-12-3-4-16(14(20)6-12)27-19-24-8-13(9-25-19)26-17-7-18(22)23-10-15(17)21/h3-4,6-11H,5H2,1-2H3,(H,23,26)(H,24,25,27). The highest BCUT2D eigenvalue weighted by atomic mass is 19.1. The van der Waals surface area contributed by atoms with Crippen molar-refractivity contribution < 1.29 is 13.2 Å². The summed E-state index contributed by atoms with van der Waals surface area (Å²) in [4.78, 5) is 11.3. The molecule has 1 aromatic carbocycles. The monoisotopic (exact) mass is 373 g/mol. The zero-order valence-electron chi connectivity index (χ0n) is 14.8. The van der Waals surface area contributed by atoms with Crippen molar-refractivity contribution in [3.05, 3.63) is 66.0 Å². The average molecular weight is 373 g/mol. The Morgan fingerprint density at radius 2 is 1.59 bits per heavy atom. The van der Waals surface area contributed by atoms with E-state index in [0.717, 1.165) is 24.2 Å². The van der Waals surface area contributed by atoms with E-state index in [0.29, 0.717) is 11.6 Å². The minimum atomic E-state index is -0.811. The van der Waals surface area contributed by atoms with Gasteiger partial charge in [0, 0.05) is 6.07 Å². The maximum Gasteiger partial charge on any atom is 0.227 e. The smallest absolute Gasteiger partial charge is 0.227 e. The van der Waals surface area contributed by atoms with E-state index >= 15 is 0 Å². The Balaban J connectivity index is 1.70. The molecule has 8 heteroatoms. The summed E-state index contributed by atoms with van der Waals surface area (Å²) < 4.78 is 40.9. The van der Waals surface area contributed by atoms with Crippen LogP contribution in [0, 0.1) is 23.5 Å². The first-order valence-electron chi connectivity index (χ1n) is 8.36. The van der Waals surface area contributed by atoms with Crippen LogP contribution in [0.4, 0.5) is 36.2 Å². The van der Waals surface area contributed by atoms with Gasteiger partial charge in [-0.2, -0.15) is 4.39 Å². The summed E-state index contributed by atoms with van der Waals surface area (Å²) in [5.74, 6) is -1.30. The molecular formula is C19H18F3N5. The van der Waals surface area contributed by atoms with Gasteiger partial charge < -0.3 is 10.6 Å². The van der Waals surface area contributed by atoms with Gasteiger partial charge in [0.25, 0.3) is 0 Å². The molecule has 0 saturated heterocycles. The van der Waals surface area contributed by atoms with Gasteiger partial charge in [-0.3, -0.25) is 0 Å². The molecule has 0 fully saturated rings. The molecule has 0 aliphatic heterocycles. The van der Waals surface area contributed by atoms with Crippen LogP contribution >= 0.6 is 0 Å². The second-order valence-electron chi connectivity index (χ2n) is 6.44. The molecule has 3 rings (SSSR count). The van der Waals surface area contributed by atoms with Crippen LogP contribution in [0.15, 0.2) is 42.9 Å². The van der Waals surface area contributed by atoms with Crippen LogP contribution in [0.3, 0.4) is 0 Å². The second kappa shape index (κ2) is 8.03. The van der Waals surface area contributed by atoms with Gasteiger partial charge in [0.2, 0.25) is 11.9 Å². The highest BCUT2D eigenvalue weighted by Gasteiger charge is 2.08. The van der Waals surface area contributed by atoms with Gasteiger partial charge in [-0.05, 0) is 30.0 Å². The van der Waals surface area contributed by atoms with E-state index in [-0.39, 0.29) is 17.3 Å². The van der Waals surface area contributed by atoms with E-state index in [1.54, 1.807) is 6.07 Å². The topological polar surface area (TPSA) is 62.7 Å². The zero-order chi connectivity index (χ0) is 19.4. The molecule has 2 N–H and O–H groups in total. The largest absolute Gasteiger partial charge is 0.350 e. The summed E-state index contributed by atoms with van der Waals surface area (Å²) in [6, 6.07) is 5.90. The molecule has 0 radical (unpaired) electrons. The van der Waals surface area contributed by atoms with Crippen LogP contribution in [0.25, 0.3) is 0 Å². The number of aromatic nitrogens is 3. The number of hydrogen-bond donors (Lipinski definition) is 2. The Hall–Kier alpha value is -3.16. The Morgan fingerprint density at radius 1 is 0.852 bits per heavy atom. The number of nitrogens with one attached hydrogen (secondary N) is 2. The van der Waals surface area contributed by atoms with Gasteiger partial charge in [-0.25, -0.2) is 23.7 Å². The van der Waals surface area contributed by atoms with Crippen molar-refractivity contribution in [3.63, 3.8) is 0 Å². The van der Waals surface area contributed by atoms with Crippen LogP contribution in [-0.4, -0.2) is 15.0 Å². The Bertz CT molecular complexity index is 929. The van der Waals surface area contributed by atoms with Crippen molar-refractivity contribution in [1.82, 2.24) is 15.0 Å². The predicted octanol–water partition coefficient (Wildman–Crippen LogP) is 4.97. The third-order valence-corrected chi connectivity index (χ3v) is 3.68. The molecule has 3 aromatic rings. The third-order valence-electron chi connectivity index (χ3n) is 3.68. The fourth-order valence-electron chi connectivity index (χ4n) is 2.50. The molecule has 0 amide bonds. The molecule has 0 bridgehead atoms. The summed E-state index contributed by atoms with van der Waals surface area (Å²) in [6.45, 7) is 4.14. The fourth-order valence-corrected chi connectivity index (χ4v) is 2.50. The molecule has 2 heterocycles. The van der Waals surface area contributed by atoms with E-state index < -0.39 is 17.6 Å². The van der Waals surface area contributed by atoms with Gasteiger partial charge in [0.1, 0.15) is 5.82 Å². The van der Waals surface area contributed by atoms with E-state index in [2.05, 4.69) is 39.4 Å². The van der Waals surface area contributed by atoms with Crippen LogP contribution in [-0.2, 0) is 6.42 Å². The minimum absolute atomic E-state index is 0.0846. The first-order chi connectivity index (χ1) is 12.9. The quantitative estimate of drug-likeness (QED) is 0.597. The van der Waals surface area contributed by atoms with Crippen molar-refractivity contribution in [3.8, 4) is 0 Å². The van der Waals surface area contributed by atoms with E-state index in [9.17, 15) is 13.2 Å².